The summed E-state index contributed by atoms with van der Waals surface area (Å²) < 4.78 is 55.2. The highest BCUT2D eigenvalue weighted by Crippen LogP contribution is 2.46. The molecule has 318 valence electrons. The number of hydrogen-bond donors (Lipinski definition) is 10. The fourth-order valence-corrected chi connectivity index (χ4v) is 7.64. The first-order chi connectivity index (χ1) is 26.1. The lowest BCUT2D eigenvalue weighted by Gasteiger charge is -2.37. The largest absolute Gasteiger partial charge is 0.469 e. The highest BCUT2D eigenvalue weighted by atomic mass is 31.2. The predicted molar refractivity (Wildman–Crippen MR) is 198 cm³/mol. The third kappa shape index (κ3) is 14.8. The zero-order valence-corrected chi connectivity index (χ0v) is 34.0. The van der Waals surface area contributed by atoms with Crippen molar-refractivity contribution in [3.8, 4) is 0 Å². The number of carbonyl (C=O) groups excluding carboxylic acids is 4. The molecule has 0 radical (unpaired) electrons. The van der Waals surface area contributed by atoms with E-state index in [-0.39, 0.29) is 17.5 Å². The van der Waals surface area contributed by atoms with E-state index in [0.717, 1.165) is 0 Å². The number of aliphatic hydroxyl groups is 1. The minimum absolute atomic E-state index is 0.00187. The van der Waals surface area contributed by atoms with Gasteiger partial charge in [0.15, 0.2) is 11.6 Å². The van der Waals surface area contributed by atoms with Crippen LogP contribution in [0.4, 0.5) is 4.79 Å². The van der Waals surface area contributed by atoms with Crippen molar-refractivity contribution in [1.29, 1.82) is 0 Å². The van der Waals surface area contributed by atoms with Crippen molar-refractivity contribution >= 4 is 47.0 Å². The summed E-state index contributed by atoms with van der Waals surface area (Å²) in [6.07, 6.45) is -4.56. The summed E-state index contributed by atoms with van der Waals surface area (Å²) in [5, 5.41) is 18.5. The summed E-state index contributed by atoms with van der Waals surface area (Å²) in [6.45, 7) is 3.18. The number of alkyl carbamates (subject to hydrolysis) is 1. The van der Waals surface area contributed by atoms with Crippen molar-refractivity contribution < 1.29 is 85.6 Å². The number of nitrogens with one attached hydrogen (secondary N) is 3. The van der Waals surface area contributed by atoms with Crippen LogP contribution in [-0.4, -0.2) is 113 Å². The normalized spacial score (nSPS) is 19.5. The number of ketones is 2. The van der Waals surface area contributed by atoms with Crippen LogP contribution in [0.1, 0.15) is 67.7 Å². The first kappa shape index (κ1) is 48.1. The number of benzene rings is 2. The molecule has 0 aromatic heterocycles. The topological polar surface area (TPSA) is 334 Å². The molecule has 2 aromatic rings. The maximum Gasteiger partial charge on any atom is 0.469 e. The zero-order chi connectivity index (χ0) is 43.0. The van der Waals surface area contributed by atoms with E-state index in [4.69, 9.17) is 23.6 Å². The van der Waals surface area contributed by atoms with Gasteiger partial charge in [0.05, 0.1) is 6.61 Å². The van der Waals surface area contributed by atoms with Gasteiger partial charge in [-0.15, -0.1) is 0 Å². The quantitative estimate of drug-likeness (QED) is 0.0630. The van der Waals surface area contributed by atoms with E-state index >= 15 is 0 Å². The molecule has 1 fully saturated rings. The monoisotopic (exact) mass is 867 g/mol. The van der Waals surface area contributed by atoms with Crippen LogP contribution in [0.25, 0.3) is 0 Å². The number of Topliss-reactive ketones (excluding diaryl/α,β-unsaturated/α-hetero) is 2. The molecule has 3 rings (SSSR count). The summed E-state index contributed by atoms with van der Waals surface area (Å²) in [5.74, 6) is -2.93. The van der Waals surface area contributed by atoms with Crippen molar-refractivity contribution in [1.82, 2.24) is 16.0 Å². The number of hydrogen-bond acceptors (Lipinski definition) is 13. The van der Waals surface area contributed by atoms with E-state index in [2.05, 4.69) is 20.5 Å². The SMILES string of the molecule is CC(C)(COP(=O)(O)O)OC(=O)NC(C(=O)c1ccccc1)C(CNCC(OP(=O)(O)O)C(NC(=O)C1(O)CCCC1(C)C)C(=O)c1ccccc1)OP(=O)(O)O. The van der Waals surface area contributed by atoms with Gasteiger partial charge in [-0.3, -0.25) is 28.0 Å². The standard InChI is InChI=1S/C33H48N3O18P3/c1-31(2)16-11-17-33(31,41)29(39)35-25(27(37)21-12-7-5-8-13-21)23(53-56(45,46)47)18-34-19-24(54-57(48,49)50)26(28(38)22-14-9-6-10-15-22)36-30(40)52-32(3,4)20-51-55(42,43)44/h5-10,12-15,23-26,34,41H,11,16-20H2,1-4H3,(H,35,39)(H,36,40)(H2,42,43,44)(H2,45,46,47)(H2,48,49,50). The highest BCUT2D eigenvalue weighted by Gasteiger charge is 2.54. The van der Waals surface area contributed by atoms with Gasteiger partial charge >= 0.3 is 29.6 Å². The van der Waals surface area contributed by atoms with Crippen LogP contribution in [0.2, 0.25) is 0 Å². The Bertz CT molecular complexity index is 1870. The van der Waals surface area contributed by atoms with E-state index < -0.39 is 108 Å². The molecule has 5 atom stereocenters. The molecule has 57 heavy (non-hydrogen) atoms. The summed E-state index contributed by atoms with van der Waals surface area (Å²) in [4.78, 5) is 112. The van der Waals surface area contributed by atoms with Crippen LogP contribution in [-0.2, 0) is 36.8 Å². The number of ether oxygens (including phenoxy) is 1. The van der Waals surface area contributed by atoms with E-state index in [1.807, 2.05) is 0 Å². The Morgan fingerprint density at radius 3 is 1.54 bits per heavy atom. The molecule has 1 saturated carbocycles. The average Bonchev–Trinajstić information content (AvgIpc) is 3.38. The maximum atomic E-state index is 13.9. The van der Waals surface area contributed by atoms with Gasteiger partial charge < -0.3 is 55.2 Å². The van der Waals surface area contributed by atoms with Gasteiger partial charge in [-0.1, -0.05) is 74.5 Å². The highest BCUT2D eigenvalue weighted by molar-refractivity contribution is 7.46. The Labute approximate surface area is 327 Å². The van der Waals surface area contributed by atoms with Gasteiger partial charge in [-0.2, -0.15) is 0 Å². The molecular weight excluding hydrogens is 819 g/mol. The zero-order valence-electron chi connectivity index (χ0n) is 31.3. The van der Waals surface area contributed by atoms with Gasteiger partial charge in [0.1, 0.15) is 35.5 Å². The summed E-state index contributed by atoms with van der Waals surface area (Å²) >= 11 is 0. The summed E-state index contributed by atoms with van der Waals surface area (Å²) in [5.41, 5.74) is -4.86. The first-order valence-electron chi connectivity index (χ1n) is 17.2. The lowest BCUT2D eigenvalue weighted by Crippen LogP contribution is -2.61. The lowest BCUT2D eigenvalue weighted by atomic mass is 9.77. The summed E-state index contributed by atoms with van der Waals surface area (Å²) in [6, 6.07) is 10.3. The second-order valence-corrected chi connectivity index (χ2v) is 18.1. The van der Waals surface area contributed by atoms with Crippen LogP contribution in [0.5, 0.6) is 0 Å². The molecule has 0 saturated heterocycles. The minimum atomic E-state index is -5.53. The van der Waals surface area contributed by atoms with Crippen LogP contribution in [0.15, 0.2) is 60.7 Å². The van der Waals surface area contributed by atoms with E-state index in [9.17, 15) is 57.6 Å². The van der Waals surface area contributed by atoms with Crippen molar-refractivity contribution in [2.75, 3.05) is 19.7 Å². The second-order valence-electron chi connectivity index (χ2n) is 14.5. The van der Waals surface area contributed by atoms with Crippen LogP contribution < -0.4 is 16.0 Å². The molecule has 21 nitrogen and oxygen atoms in total. The Kier molecular flexibility index (Phi) is 16.2. The number of amides is 2. The molecule has 2 amide bonds. The van der Waals surface area contributed by atoms with Crippen LogP contribution in [0.3, 0.4) is 0 Å². The van der Waals surface area contributed by atoms with Crippen LogP contribution in [0, 0.1) is 5.41 Å². The van der Waals surface area contributed by atoms with Crippen molar-refractivity contribution in [2.24, 2.45) is 5.41 Å². The van der Waals surface area contributed by atoms with Gasteiger partial charge in [-0.05, 0) is 33.1 Å². The molecule has 2 aromatic carbocycles. The maximum absolute atomic E-state index is 13.9. The van der Waals surface area contributed by atoms with Gasteiger partial charge in [-0.25, -0.2) is 18.5 Å². The lowest BCUT2D eigenvalue weighted by molar-refractivity contribution is -0.150. The fraction of sp³-hybridized carbons (Fsp3) is 0.515. The molecule has 1 aliphatic rings. The van der Waals surface area contributed by atoms with E-state index in [1.165, 1.54) is 62.4 Å². The van der Waals surface area contributed by atoms with Crippen molar-refractivity contribution in [3.05, 3.63) is 71.8 Å². The third-order valence-corrected chi connectivity index (χ3v) is 10.6. The molecular formula is C33H48N3O18P3. The Morgan fingerprint density at radius 2 is 1.16 bits per heavy atom. The Hall–Kier alpha value is -3.23. The van der Waals surface area contributed by atoms with Crippen molar-refractivity contribution in [3.63, 3.8) is 0 Å². The smallest absolute Gasteiger partial charge is 0.441 e. The van der Waals surface area contributed by atoms with E-state index in [1.54, 1.807) is 26.0 Å². The van der Waals surface area contributed by atoms with Gasteiger partial charge in [0, 0.05) is 29.6 Å². The molecule has 5 unspecified atom stereocenters. The third-order valence-electron chi connectivity index (χ3n) is 9.01. The van der Waals surface area contributed by atoms with Gasteiger partial charge in [0.2, 0.25) is 0 Å². The summed E-state index contributed by atoms with van der Waals surface area (Å²) in [7, 11) is -16.0. The first-order valence-corrected chi connectivity index (χ1v) is 21.8. The number of rotatable bonds is 21. The molecule has 0 spiro atoms. The molecule has 24 heteroatoms. The van der Waals surface area contributed by atoms with Crippen LogP contribution >= 0.6 is 23.5 Å². The molecule has 0 bridgehead atoms. The minimum Gasteiger partial charge on any atom is -0.441 e. The Balaban J connectivity index is 2.00. The second kappa shape index (κ2) is 19.2. The number of carbonyl (C=O) groups is 4. The predicted octanol–water partition coefficient (Wildman–Crippen LogP) is 1.71. The van der Waals surface area contributed by atoms with Crippen molar-refractivity contribution in [2.45, 2.75) is 82.5 Å². The fourth-order valence-electron chi connectivity index (χ4n) is 6.06. The molecule has 0 heterocycles. The molecule has 0 aliphatic heterocycles. The number of phosphoric acid groups is 3. The average molecular weight is 868 g/mol. The molecule has 1 aliphatic carbocycles. The Morgan fingerprint density at radius 1 is 0.719 bits per heavy atom. The van der Waals surface area contributed by atoms with E-state index in [0.29, 0.717) is 12.8 Å². The molecule has 10 N–H and O–H groups in total. The number of phosphoric ester groups is 3. The van der Waals surface area contributed by atoms with Gasteiger partial charge in [0.25, 0.3) is 5.91 Å².